The lowest BCUT2D eigenvalue weighted by molar-refractivity contribution is -0.0510. The average Bonchev–Trinajstić information content (AvgIpc) is 2.23. The van der Waals surface area contributed by atoms with Crippen molar-refractivity contribution in [2.45, 2.75) is 46.3 Å². The second-order valence-electron chi connectivity index (χ2n) is 5.57. The first-order chi connectivity index (χ1) is 7.41. The number of aliphatic hydroxyl groups excluding tert-OH is 1. The highest BCUT2D eigenvalue weighted by Gasteiger charge is 2.47. The van der Waals surface area contributed by atoms with E-state index in [-0.39, 0.29) is 11.5 Å². The Morgan fingerprint density at radius 3 is 2.44 bits per heavy atom. The molecule has 0 saturated heterocycles. The zero-order valence-corrected chi connectivity index (χ0v) is 10.5. The number of hydrogen-bond acceptors (Lipinski definition) is 2. The molecular weight excluding hydrogens is 198 g/mol. The number of rotatable bonds is 2. The maximum atomic E-state index is 9.68. The first-order valence-corrected chi connectivity index (χ1v) is 5.93. The highest BCUT2D eigenvalue weighted by atomic mass is 16.3. The number of anilines is 1. The lowest BCUT2D eigenvalue weighted by Gasteiger charge is -2.49. The van der Waals surface area contributed by atoms with Crippen molar-refractivity contribution < 1.29 is 5.11 Å². The van der Waals surface area contributed by atoms with Crippen LogP contribution in [-0.4, -0.2) is 17.3 Å². The molecule has 0 radical (unpaired) electrons. The van der Waals surface area contributed by atoms with Gasteiger partial charge in [-0.1, -0.05) is 19.9 Å². The minimum absolute atomic E-state index is 0.0151. The van der Waals surface area contributed by atoms with Gasteiger partial charge in [-0.15, -0.1) is 0 Å². The van der Waals surface area contributed by atoms with E-state index in [9.17, 15) is 5.11 Å². The summed E-state index contributed by atoms with van der Waals surface area (Å²) in [7, 11) is 0. The van der Waals surface area contributed by atoms with Crippen molar-refractivity contribution in [2.24, 2.45) is 5.41 Å². The fraction of sp³-hybridized carbons (Fsp3) is 0.571. The molecule has 0 bridgehead atoms. The molecule has 1 aliphatic carbocycles. The van der Waals surface area contributed by atoms with Gasteiger partial charge in [0.1, 0.15) is 0 Å². The topological polar surface area (TPSA) is 32.3 Å². The smallest absolute Gasteiger partial charge is 0.0630 e. The van der Waals surface area contributed by atoms with Crippen molar-refractivity contribution in [3.8, 4) is 0 Å². The summed E-state index contributed by atoms with van der Waals surface area (Å²) in [5.41, 5.74) is 3.77. The molecule has 0 spiro atoms. The third kappa shape index (κ3) is 1.82. The molecule has 2 atom stereocenters. The van der Waals surface area contributed by atoms with Gasteiger partial charge in [-0.2, -0.15) is 0 Å². The number of aryl methyl sites for hydroxylation is 2. The van der Waals surface area contributed by atoms with Gasteiger partial charge in [-0.3, -0.25) is 0 Å². The SMILES string of the molecule is Cc1ccc(NC2CC(O)C2(C)C)cc1C. The highest BCUT2D eigenvalue weighted by Crippen LogP contribution is 2.42. The molecule has 88 valence electrons. The Hall–Kier alpha value is -1.02. The van der Waals surface area contributed by atoms with Crippen LogP contribution in [0, 0.1) is 19.3 Å². The van der Waals surface area contributed by atoms with Gasteiger partial charge < -0.3 is 10.4 Å². The molecule has 1 aromatic rings. The number of nitrogens with one attached hydrogen (secondary N) is 1. The summed E-state index contributed by atoms with van der Waals surface area (Å²) in [5, 5.41) is 13.2. The number of benzene rings is 1. The zero-order valence-electron chi connectivity index (χ0n) is 10.5. The lowest BCUT2D eigenvalue weighted by atomic mass is 9.64. The van der Waals surface area contributed by atoms with Crippen LogP contribution in [0.2, 0.25) is 0 Å². The maximum absolute atomic E-state index is 9.68. The van der Waals surface area contributed by atoms with Crippen LogP contribution in [0.25, 0.3) is 0 Å². The summed E-state index contributed by atoms with van der Waals surface area (Å²) < 4.78 is 0. The van der Waals surface area contributed by atoms with E-state index in [0.717, 1.165) is 12.1 Å². The summed E-state index contributed by atoms with van der Waals surface area (Å²) in [4.78, 5) is 0. The molecule has 2 heteroatoms. The van der Waals surface area contributed by atoms with E-state index in [1.54, 1.807) is 0 Å². The second-order valence-corrected chi connectivity index (χ2v) is 5.57. The fourth-order valence-corrected chi connectivity index (χ4v) is 2.18. The first kappa shape index (κ1) is 11.5. The Morgan fingerprint density at radius 1 is 1.25 bits per heavy atom. The van der Waals surface area contributed by atoms with Crippen molar-refractivity contribution in [3.05, 3.63) is 29.3 Å². The minimum Gasteiger partial charge on any atom is -0.392 e. The molecule has 2 nitrogen and oxygen atoms in total. The molecule has 0 aromatic heterocycles. The molecule has 16 heavy (non-hydrogen) atoms. The van der Waals surface area contributed by atoms with Gasteiger partial charge in [0.25, 0.3) is 0 Å². The van der Waals surface area contributed by atoms with E-state index < -0.39 is 0 Å². The van der Waals surface area contributed by atoms with E-state index >= 15 is 0 Å². The summed E-state index contributed by atoms with van der Waals surface area (Å²) in [5.74, 6) is 0. The molecule has 2 unspecified atom stereocenters. The number of hydrogen-bond donors (Lipinski definition) is 2. The van der Waals surface area contributed by atoms with E-state index in [1.165, 1.54) is 11.1 Å². The Kier molecular flexibility index (Phi) is 2.70. The predicted octanol–water partition coefficient (Wildman–Crippen LogP) is 2.87. The summed E-state index contributed by atoms with van der Waals surface area (Å²) in [6.07, 6.45) is 0.677. The Balaban J connectivity index is 2.08. The van der Waals surface area contributed by atoms with Crippen LogP contribution in [0.5, 0.6) is 0 Å². The molecule has 2 rings (SSSR count). The average molecular weight is 219 g/mol. The zero-order chi connectivity index (χ0) is 11.9. The van der Waals surface area contributed by atoms with Gasteiger partial charge in [0.2, 0.25) is 0 Å². The van der Waals surface area contributed by atoms with Gasteiger partial charge >= 0.3 is 0 Å². The second kappa shape index (κ2) is 3.77. The Labute approximate surface area is 97.7 Å². The number of aliphatic hydroxyl groups is 1. The standard InChI is InChI=1S/C14H21NO/c1-9-5-6-11(7-10(9)2)15-12-8-13(16)14(12,3)4/h5-7,12-13,15-16H,8H2,1-4H3. The monoisotopic (exact) mass is 219 g/mol. The Morgan fingerprint density at radius 2 is 1.94 bits per heavy atom. The third-order valence-electron chi connectivity index (χ3n) is 4.06. The third-order valence-corrected chi connectivity index (χ3v) is 4.06. The van der Waals surface area contributed by atoms with E-state index in [1.807, 2.05) is 0 Å². The summed E-state index contributed by atoms with van der Waals surface area (Å²) in [6.45, 7) is 8.47. The van der Waals surface area contributed by atoms with Gasteiger partial charge in [0.05, 0.1) is 6.10 Å². The predicted molar refractivity (Wildman–Crippen MR) is 67.7 cm³/mol. The molecule has 0 amide bonds. The lowest BCUT2D eigenvalue weighted by Crippen LogP contribution is -2.56. The van der Waals surface area contributed by atoms with Crippen LogP contribution in [0.4, 0.5) is 5.69 Å². The van der Waals surface area contributed by atoms with Crippen molar-refractivity contribution in [1.29, 1.82) is 0 Å². The summed E-state index contributed by atoms with van der Waals surface area (Å²) in [6, 6.07) is 6.81. The van der Waals surface area contributed by atoms with Crippen LogP contribution >= 0.6 is 0 Å². The molecule has 1 aliphatic rings. The van der Waals surface area contributed by atoms with Crippen molar-refractivity contribution in [3.63, 3.8) is 0 Å². The molecule has 0 aliphatic heterocycles. The maximum Gasteiger partial charge on any atom is 0.0630 e. The van der Waals surface area contributed by atoms with Gasteiger partial charge in [-0.25, -0.2) is 0 Å². The first-order valence-electron chi connectivity index (χ1n) is 5.93. The molecular formula is C14H21NO. The highest BCUT2D eigenvalue weighted by molar-refractivity contribution is 5.49. The van der Waals surface area contributed by atoms with Crippen LogP contribution in [0.3, 0.4) is 0 Å². The largest absolute Gasteiger partial charge is 0.392 e. The Bertz CT molecular complexity index is 398. The molecule has 1 saturated carbocycles. The molecule has 2 N–H and O–H groups in total. The van der Waals surface area contributed by atoms with Gasteiger partial charge in [-0.05, 0) is 43.5 Å². The quantitative estimate of drug-likeness (QED) is 0.801. The van der Waals surface area contributed by atoms with Crippen LogP contribution < -0.4 is 5.32 Å². The van der Waals surface area contributed by atoms with E-state index in [4.69, 9.17) is 0 Å². The molecule has 0 heterocycles. The van der Waals surface area contributed by atoms with Gasteiger partial charge in [0.15, 0.2) is 0 Å². The normalized spacial score (nSPS) is 27.3. The van der Waals surface area contributed by atoms with Crippen LogP contribution in [0.1, 0.15) is 31.4 Å². The van der Waals surface area contributed by atoms with Crippen molar-refractivity contribution in [1.82, 2.24) is 0 Å². The van der Waals surface area contributed by atoms with Gasteiger partial charge in [0, 0.05) is 17.1 Å². The summed E-state index contributed by atoms with van der Waals surface area (Å²) >= 11 is 0. The fourth-order valence-electron chi connectivity index (χ4n) is 2.18. The van der Waals surface area contributed by atoms with Crippen molar-refractivity contribution >= 4 is 5.69 Å². The molecule has 1 aromatic carbocycles. The van der Waals surface area contributed by atoms with E-state index in [2.05, 4.69) is 51.2 Å². The van der Waals surface area contributed by atoms with Crippen LogP contribution in [0.15, 0.2) is 18.2 Å². The van der Waals surface area contributed by atoms with Crippen molar-refractivity contribution in [2.75, 3.05) is 5.32 Å². The molecule has 1 fully saturated rings. The minimum atomic E-state index is -0.170. The van der Waals surface area contributed by atoms with Crippen LogP contribution in [-0.2, 0) is 0 Å². The van der Waals surface area contributed by atoms with E-state index in [0.29, 0.717) is 6.04 Å².